The van der Waals surface area contributed by atoms with Gasteiger partial charge in [0.1, 0.15) is 0 Å². The van der Waals surface area contributed by atoms with Crippen LogP contribution in [0.1, 0.15) is 15.9 Å². The van der Waals surface area contributed by atoms with Crippen molar-refractivity contribution < 1.29 is 4.79 Å². The van der Waals surface area contributed by atoms with E-state index in [-0.39, 0.29) is 5.91 Å². The summed E-state index contributed by atoms with van der Waals surface area (Å²) in [6, 6.07) is 8.98. The lowest BCUT2D eigenvalue weighted by Gasteiger charge is -2.10. The zero-order valence-corrected chi connectivity index (χ0v) is 15.8. The first-order chi connectivity index (χ1) is 9.36. The fourth-order valence-electron chi connectivity index (χ4n) is 1.62. The normalized spacial score (nSPS) is 10.4. The molecule has 0 unspecified atom stereocenters. The molecule has 0 saturated carbocycles. The van der Waals surface area contributed by atoms with E-state index >= 15 is 0 Å². The van der Waals surface area contributed by atoms with Gasteiger partial charge in [0.2, 0.25) is 0 Å². The molecule has 1 N–H and O–H groups in total. The highest BCUT2D eigenvalue weighted by Gasteiger charge is 2.11. The Kier molecular flexibility index (Phi) is 5.29. The number of halogens is 4. The summed E-state index contributed by atoms with van der Waals surface area (Å²) in [7, 11) is 0. The molecule has 0 spiro atoms. The zero-order chi connectivity index (χ0) is 14.9. The van der Waals surface area contributed by atoms with E-state index in [1.54, 1.807) is 18.2 Å². The summed E-state index contributed by atoms with van der Waals surface area (Å²) < 4.78 is 2.46. The van der Waals surface area contributed by atoms with Gasteiger partial charge in [-0.2, -0.15) is 0 Å². The summed E-state index contributed by atoms with van der Waals surface area (Å²) in [5.41, 5.74) is 2.14. The van der Waals surface area contributed by atoms with E-state index in [2.05, 4.69) is 53.1 Å². The van der Waals surface area contributed by atoms with Gasteiger partial charge in [-0.15, -0.1) is 0 Å². The maximum atomic E-state index is 12.3. The van der Waals surface area contributed by atoms with Crippen LogP contribution in [-0.4, -0.2) is 5.91 Å². The van der Waals surface area contributed by atoms with Crippen molar-refractivity contribution in [1.82, 2.24) is 0 Å². The zero-order valence-electron chi connectivity index (χ0n) is 10.3. The lowest BCUT2D eigenvalue weighted by atomic mass is 10.2. The molecule has 0 aromatic heterocycles. The van der Waals surface area contributed by atoms with Gasteiger partial charge in [0, 0.05) is 24.0 Å². The topological polar surface area (TPSA) is 29.1 Å². The van der Waals surface area contributed by atoms with Crippen LogP contribution in [0.25, 0.3) is 0 Å². The van der Waals surface area contributed by atoms with Gasteiger partial charge >= 0.3 is 0 Å². The Hall–Kier alpha value is -0.360. The van der Waals surface area contributed by atoms with Crippen molar-refractivity contribution >= 4 is 71.0 Å². The van der Waals surface area contributed by atoms with Crippen LogP contribution in [0.3, 0.4) is 0 Å². The largest absolute Gasteiger partial charge is 0.321 e. The predicted molar refractivity (Wildman–Crippen MR) is 93.7 cm³/mol. The van der Waals surface area contributed by atoms with Gasteiger partial charge in [0.25, 0.3) is 5.91 Å². The molecule has 104 valence electrons. The Morgan fingerprint density at radius 2 is 1.65 bits per heavy atom. The van der Waals surface area contributed by atoms with E-state index in [1.807, 2.05) is 19.1 Å². The van der Waals surface area contributed by atoms with Crippen molar-refractivity contribution in [3.05, 3.63) is 59.9 Å². The molecule has 0 aliphatic heterocycles. The maximum Gasteiger partial charge on any atom is 0.255 e. The van der Waals surface area contributed by atoms with Crippen molar-refractivity contribution in [2.45, 2.75) is 6.92 Å². The minimum atomic E-state index is -0.201. The number of carbonyl (C=O) groups excluding carboxylic acids is 1. The molecule has 20 heavy (non-hydrogen) atoms. The number of benzene rings is 2. The Labute approximate surface area is 147 Å². The monoisotopic (exact) mass is 479 g/mol. The quantitative estimate of drug-likeness (QED) is 0.544. The number of hydrogen-bond acceptors (Lipinski definition) is 1. The highest BCUT2D eigenvalue weighted by atomic mass is 79.9. The third kappa shape index (κ3) is 3.85. The highest BCUT2D eigenvalue weighted by Crippen LogP contribution is 2.30. The van der Waals surface area contributed by atoms with Gasteiger partial charge in [-0.3, -0.25) is 4.79 Å². The molecule has 0 heterocycles. The summed E-state index contributed by atoms with van der Waals surface area (Å²) in [6.45, 7) is 1.91. The fourth-order valence-corrected chi connectivity index (χ4v) is 3.64. The Morgan fingerprint density at radius 3 is 2.25 bits per heavy atom. The van der Waals surface area contributed by atoms with E-state index in [0.29, 0.717) is 16.3 Å². The molecule has 0 atom stereocenters. The second-order valence-electron chi connectivity index (χ2n) is 4.19. The summed E-state index contributed by atoms with van der Waals surface area (Å²) in [6.07, 6.45) is 0. The average molecular weight is 482 g/mol. The van der Waals surface area contributed by atoms with Crippen molar-refractivity contribution in [1.29, 1.82) is 0 Å². The predicted octanol–water partition coefficient (Wildman–Crippen LogP) is 6.19. The SMILES string of the molecule is Cc1cc(Br)c(NC(=O)c2cc(Br)cc(Br)c2)cc1Cl. The first-order valence-corrected chi connectivity index (χ1v) is 8.35. The molecule has 0 radical (unpaired) electrons. The second kappa shape index (κ2) is 6.60. The molecule has 2 rings (SSSR count). The van der Waals surface area contributed by atoms with Crippen LogP contribution in [0.4, 0.5) is 5.69 Å². The number of hydrogen-bond donors (Lipinski definition) is 1. The molecule has 0 aliphatic rings. The highest BCUT2D eigenvalue weighted by molar-refractivity contribution is 9.11. The number of nitrogens with one attached hydrogen (secondary N) is 1. The van der Waals surface area contributed by atoms with E-state index in [9.17, 15) is 4.79 Å². The number of anilines is 1. The second-order valence-corrected chi connectivity index (χ2v) is 7.29. The number of amides is 1. The molecule has 0 fully saturated rings. The molecule has 2 aromatic carbocycles. The summed E-state index contributed by atoms with van der Waals surface area (Å²) >= 11 is 16.2. The summed E-state index contributed by atoms with van der Waals surface area (Å²) in [4.78, 5) is 12.3. The van der Waals surface area contributed by atoms with Crippen molar-refractivity contribution in [3.63, 3.8) is 0 Å². The summed E-state index contributed by atoms with van der Waals surface area (Å²) in [5.74, 6) is -0.201. The van der Waals surface area contributed by atoms with Gasteiger partial charge in [-0.05, 0) is 58.7 Å². The molecule has 2 aromatic rings. The summed E-state index contributed by atoms with van der Waals surface area (Å²) in [5, 5.41) is 3.45. The van der Waals surface area contributed by atoms with Crippen LogP contribution in [0.2, 0.25) is 5.02 Å². The van der Waals surface area contributed by atoms with Crippen molar-refractivity contribution in [2.24, 2.45) is 0 Å². The van der Waals surface area contributed by atoms with E-state index in [1.165, 1.54) is 0 Å². The van der Waals surface area contributed by atoms with Gasteiger partial charge < -0.3 is 5.32 Å². The number of rotatable bonds is 2. The minimum absolute atomic E-state index is 0.201. The molecule has 0 saturated heterocycles. The molecular formula is C14H9Br3ClNO. The van der Waals surface area contributed by atoms with E-state index in [4.69, 9.17) is 11.6 Å². The number of carbonyl (C=O) groups is 1. The molecular weight excluding hydrogens is 473 g/mol. The molecule has 0 bridgehead atoms. The molecule has 1 amide bonds. The van der Waals surface area contributed by atoms with Crippen LogP contribution >= 0.6 is 59.4 Å². The standard InChI is InChI=1S/C14H9Br3ClNO/c1-7-2-11(17)13(6-12(7)18)19-14(20)8-3-9(15)5-10(16)4-8/h2-6H,1H3,(H,19,20). The fraction of sp³-hybridized carbons (Fsp3) is 0.0714. The van der Waals surface area contributed by atoms with Crippen molar-refractivity contribution in [2.75, 3.05) is 5.32 Å². The Morgan fingerprint density at radius 1 is 1.05 bits per heavy atom. The molecule has 6 heteroatoms. The molecule has 2 nitrogen and oxygen atoms in total. The van der Waals surface area contributed by atoms with E-state index < -0.39 is 0 Å². The first-order valence-electron chi connectivity index (χ1n) is 5.60. The lowest BCUT2D eigenvalue weighted by molar-refractivity contribution is 0.102. The van der Waals surface area contributed by atoms with Crippen LogP contribution < -0.4 is 5.32 Å². The third-order valence-electron chi connectivity index (χ3n) is 2.62. The van der Waals surface area contributed by atoms with Gasteiger partial charge in [-0.1, -0.05) is 43.5 Å². The van der Waals surface area contributed by atoms with Crippen LogP contribution in [-0.2, 0) is 0 Å². The van der Waals surface area contributed by atoms with Crippen LogP contribution in [0.5, 0.6) is 0 Å². The third-order valence-corrected chi connectivity index (χ3v) is 4.60. The average Bonchev–Trinajstić information content (AvgIpc) is 2.34. The minimum Gasteiger partial charge on any atom is -0.321 e. The van der Waals surface area contributed by atoms with Crippen LogP contribution in [0, 0.1) is 6.92 Å². The van der Waals surface area contributed by atoms with Gasteiger partial charge in [-0.25, -0.2) is 0 Å². The Bertz CT molecular complexity index is 668. The lowest BCUT2D eigenvalue weighted by Crippen LogP contribution is -2.12. The number of aryl methyl sites for hydroxylation is 1. The van der Waals surface area contributed by atoms with Crippen LogP contribution in [0.15, 0.2) is 43.7 Å². The smallest absolute Gasteiger partial charge is 0.255 e. The Balaban J connectivity index is 2.30. The van der Waals surface area contributed by atoms with Gasteiger partial charge in [0.05, 0.1) is 5.69 Å². The maximum absolute atomic E-state index is 12.3. The van der Waals surface area contributed by atoms with Gasteiger partial charge in [0.15, 0.2) is 0 Å². The van der Waals surface area contributed by atoms with Crippen molar-refractivity contribution in [3.8, 4) is 0 Å². The molecule has 0 aliphatic carbocycles. The first kappa shape index (κ1) is 16.0. The van der Waals surface area contributed by atoms with E-state index in [0.717, 1.165) is 19.0 Å².